The van der Waals surface area contributed by atoms with Crippen molar-refractivity contribution in [3.63, 3.8) is 0 Å². The van der Waals surface area contributed by atoms with Crippen LogP contribution in [0.1, 0.15) is 74.7 Å². The molecule has 2 fully saturated rings. The number of hydrogen-bond donors (Lipinski definition) is 2. The lowest BCUT2D eigenvalue weighted by Crippen LogP contribution is -2.32. The summed E-state index contributed by atoms with van der Waals surface area (Å²) in [5, 5.41) is 18.0. The number of rotatable bonds is 7. The molecule has 2 saturated heterocycles. The van der Waals surface area contributed by atoms with Crippen LogP contribution < -0.4 is 0 Å². The quantitative estimate of drug-likeness (QED) is 0.590. The summed E-state index contributed by atoms with van der Waals surface area (Å²) in [6.45, 7) is 15.1. The van der Waals surface area contributed by atoms with Gasteiger partial charge in [-0.05, 0) is 61.3 Å². The van der Waals surface area contributed by atoms with Crippen molar-refractivity contribution >= 4 is 5.97 Å². The van der Waals surface area contributed by atoms with E-state index in [-0.39, 0.29) is 50.2 Å². The van der Waals surface area contributed by atoms with E-state index >= 15 is 0 Å². The number of ether oxygens (including phenoxy) is 5. The van der Waals surface area contributed by atoms with E-state index in [0.717, 1.165) is 12.8 Å². The molecule has 2 rings (SSSR count). The Labute approximate surface area is 181 Å². The highest BCUT2D eigenvalue weighted by molar-refractivity contribution is 5.75. The fourth-order valence-electron chi connectivity index (χ4n) is 3.39. The molecule has 8 nitrogen and oxygen atoms in total. The molecule has 0 unspecified atom stereocenters. The lowest BCUT2D eigenvalue weighted by molar-refractivity contribution is -0.165. The molecule has 0 radical (unpaired) electrons. The number of aliphatic hydroxyl groups excluding tert-OH is 2. The van der Waals surface area contributed by atoms with Crippen molar-refractivity contribution < 1.29 is 38.7 Å². The van der Waals surface area contributed by atoms with Crippen LogP contribution >= 0.6 is 0 Å². The standard InChI is InChI=1S/C13H24O5.C9H18O3/c1-12(2,3)11(15)16-8-10-9(6-7-14)17-13(4,5)18-10;1-4-5-7-8(6-10)12-9(2,3)11-7/h9-10,14H,6-8H2,1-5H3;7-8,10H,4-6H2,1-3H3/t9-,10+;7-,8+/m00/s1. The Morgan fingerprint density at radius 2 is 1.33 bits per heavy atom. The zero-order chi connectivity index (χ0) is 23.2. The van der Waals surface area contributed by atoms with Crippen LogP contribution in [0, 0.1) is 5.41 Å². The van der Waals surface area contributed by atoms with Gasteiger partial charge in [-0.2, -0.15) is 0 Å². The predicted octanol–water partition coefficient (Wildman–Crippen LogP) is 2.78. The van der Waals surface area contributed by atoms with Gasteiger partial charge in [-0.15, -0.1) is 0 Å². The van der Waals surface area contributed by atoms with Crippen molar-refractivity contribution in [2.24, 2.45) is 5.41 Å². The summed E-state index contributed by atoms with van der Waals surface area (Å²) in [6.07, 6.45) is 1.85. The molecule has 0 bridgehead atoms. The zero-order valence-corrected chi connectivity index (χ0v) is 19.9. The first-order chi connectivity index (χ1) is 13.7. The average Bonchev–Trinajstić information content (AvgIpc) is 3.07. The average molecular weight is 435 g/mol. The minimum atomic E-state index is -0.696. The first-order valence-corrected chi connectivity index (χ1v) is 10.8. The number of aliphatic hydroxyl groups is 2. The number of carbonyl (C=O) groups excluding carboxylic acids is 1. The molecular formula is C22H42O8. The van der Waals surface area contributed by atoms with Crippen LogP contribution in [-0.2, 0) is 28.5 Å². The van der Waals surface area contributed by atoms with Gasteiger partial charge in [-0.1, -0.05) is 13.3 Å². The van der Waals surface area contributed by atoms with Crippen LogP contribution in [0.5, 0.6) is 0 Å². The Balaban J connectivity index is 0.000000325. The van der Waals surface area contributed by atoms with Crippen LogP contribution in [0.2, 0.25) is 0 Å². The summed E-state index contributed by atoms with van der Waals surface area (Å²) >= 11 is 0. The summed E-state index contributed by atoms with van der Waals surface area (Å²) in [6, 6.07) is 0. The van der Waals surface area contributed by atoms with Gasteiger partial charge in [0.1, 0.15) is 18.8 Å². The second-order valence-electron chi connectivity index (χ2n) is 9.76. The molecule has 178 valence electrons. The monoisotopic (exact) mass is 434 g/mol. The van der Waals surface area contributed by atoms with Crippen LogP contribution in [-0.4, -0.2) is 72.0 Å². The van der Waals surface area contributed by atoms with Crippen molar-refractivity contribution in [2.45, 2.75) is 111 Å². The summed E-state index contributed by atoms with van der Waals surface area (Å²) in [5.41, 5.74) is -0.526. The smallest absolute Gasteiger partial charge is 0.311 e. The van der Waals surface area contributed by atoms with E-state index < -0.39 is 17.0 Å². The summed E-state index contributed by atoms with van der Waals surface area (Å²) < 4.78 is 27.6. The molecule has 2 N–H and O–H groups in total. The summed E-state index contributed by atoms with van der Waals surface area (Å²) in [7, 11) is 0. The predicted molar refractivity (Wildman–Crippen MR) is 112 cm³/mol. The largest absolute Gasteiger partial charge is 0.462 e. The van der Waals surface area contributed by atoms with Gasteiger partial charge in [0, 0.05) is 6.61 Å². The van der Waals surface area contributed by atoms with E-state index in [0.29, 0.717) is 6.42 Å². The van der Waals surface area contributed by atoms with Crippen molar-refractivity contribution in [1.82, 2.24) is 0 Å². The number of esters is 1. The topological polar surface area (TPSA) is 104 Å². The van der Waals surface area contributed by atoms with E-state index in [9.17, 15) is 4.79 Å². The normalized spacial score (nSPS) is 29.9. The van der Waals surface area contributed by atoms with E-state index in [1.165, 1.54) is 0 Å². The van der Waals surface area contributed by atoms with Gasteiger partial charge in [0.05, 0.1) is 24.2 Å². The molecule has 2 heterocycles. The van der Waals surface area contributed by atoms with Gasteiger partial charge in [0.25, 0.3) is 0 Å². The minimum Gasteiger partial charge on any atom is -0.462 e. The van der Waals surface area contributed by atoms with Gasteiger partial charge in [0.2, 0.25) is 0 Å². The molecule has 30 heavy (non-hydrogen) atoms. The van der Waals surface area contributed by atoms with Crippen LogP contribution in [0.15, 0.2) is 0 Å². The van der Waals surface area contributed by atoms with Crippen molar-refractivity contribution in [2.75, 3.05) is 19.8 Å². The first-order valence-electron chi connectivity index (χ1n) is 10.8. The maximum atomic E-state index is 11.7. The number of hydrogen-bond acceptors (Lipinski definition) is 8. The first kappa shape index (κ1) is 27.3. The summed E-state index contributed by atoms with van der Waals surface area (Å²) in [4.78, 5) is 11.7. The fraction of sp³-hybridized carbons (Fsp3) is 0.955. The highest BCUT2D eigenvalue weighted by atomic mass is 16.8. The van der Waals surface area contributed by atoms with Gasteiger partial charge in [-0.3, -0.25) is 4.79 Å². The van der Waals surface area contributed by atoms with Crippen molar-refractivity contribution in [3.8, 4) is 0 Å². The van der Waals surface area contributed by atoms with Crippen LogP contribution in [0.3, 0.4) is 0 Å². The second-order valence-corrected chi connectivity index (χ2v) is 9.76. The Kier molecular flexibility index (Phi) is 10.2. The van der Waals surface area contributed by atoms with Gasteiger partial charge >= 0.3 is 5.97 Å². The highest BCUT2D eigenvalue weighted by Gasteiger charge is 2.42. The lowest BCUT2D eigenvalue weighted by atomic mass is 9.97. The molecule has 0 spiro atoms. The fourth-order valence-corrected chi connectivity index (χ4v) is 3.39. The van der Waals surface area contributed by atoms with Crippen molar-refractivity contribution in [1.29, 1.82) is 0 Å². The molecule has 2 aliphatic heterocycles. The minimum absolute atomic E-state index is 0.0217. The SMILES string of the molecule is CC1(C)O[C@@H](CCO)[C@@H](COC(=O)C(C)(C)C)O1.CCC[C@@H]1OC(C)(C)O[C@@H]1CO. The molecule has 8 heteroatoms. The van der Waals surface area contributed by atoms with E-state index in [1.807, 2.05) is 27.7 Å². The molecule has 0 amide bonds. The lowest BCUT2D eigenvalue weighted by Gasteiger charge is -2.20. The van der Waals surface area contributed by atoms with Gasteiger partial charge in [-0.25, -0.2) is 0 Å². The van der Waals surface area contributed by atoms with Crippen LogP contribution in [0.4, 0.5) is 0 Å². The molecule has 0 aromatic heterocycles. The maximum Gasteiger partial charge on any atom is 0.311 e. The Morgan fingerprint density at radius 1 is 0.867 bits per heavy atom. The Hall–Kier alpha value is -0.770. The van der Waals surface area contributed by atoms with Crippen molar-refractivity contribution in [3.05, 3.63) is 0 Å². The van der Waals surface area contributed by atoms with E-state index in [2.05, 4.69) is 6.92 Å². The third kappa shape index (κ3) is 8.77. The van der Waals surface area contributed by atoms with E-state index in [4.69, 9.17) is 33.9 Å². The Morgan fingerprint density at radius 3 is 1.77 bits per heavy atom. The van der Waals surface area contributed by atoms with E-state index in [1.54, 1.807) is 20.8 Å². The maximum absolute atomic E-state index is 11.7. The second kappa shape index (κ2) is 11.2. The third-order valence-electron chi connectivity index (χ3n) is 4.73. The molecule has 0 aromatic carbocycles. The highest BCUT2D eigenvalue weighted by Crippen LogP contribution is 2.31. The molecule has 0 aliphatic carbocycles. The third-order valence-corrected chi connectivity index (χ3v) is 4.73. The van der Waals surface area contributed by atoms with Gasteiger partial charge < -0.3 is 33.9 Å². The molecule has 0 aromatic rings. The Bertz CT molecular complexity index is 526. The number of carbonyl (C=O) groups is 1. The zero-order valence-electron chi connectivity index (χ0n) is 19.9. The molecule has 2 aliphatic rings. The summed E-state index contributed by atoms with van der Waals surface area (Å²) in [5.74, 6) is -1.48. The van der Waals surface area contributed by atoms with Gasteiger partial charge in [0.15, 0.2) is 11.6 Å². The van der Waals surface area contributed by atoms with Crippen LogP contribution in [0.25, 0.3) is 0 Å². The molecule has 4 atom stereocenters. The molecular weight excluding hydrogens is 392 g/mol. The molecule has 0 saturated carbocycles.